The largest absolute Gasteiger partial charge is 0.416 e. The molecule has 5 nitrogen and oxygen atoms in total. The van der Waals surface area contributed by atoms with Gasteiger partial charge in [0.15, 0.2) is 0 Å². The number of para-hydroxylation sites is 1. The van der Waals surface area contributed by atoms with E-state index in [9.17, 15) is 18.0 Å². The summed E-state index contributed by atoms with van der Waals surface area (Å²) < 4.78 is 39.8. The first-order valence-corrected chi connectivity index (χ1v) is 10.2. The van der Waals surface area contributed by atoms with Gasteiger partial charge < -0.3 is 5.32 Å². The first kappa shape index (κ1) is 20.8. The zero-order chi connectivity index (χ0) is 21.8. The SMILES string of the molecule is O=C(Cc1csc(-c2ccc(C(F)(F)F)cc2)n1)NCc1cnn(-c2ccccc2)c1. The first-order chi connectivity index (χ1) is 14.9. The second-order valence-corrected chi connectivity index (χ2v) is 7.66. The van der Waals surface area contributed by atoms with Crippen molar-refractivity contribution in [1.82, 2.24) is 20.1 Å². The molecule has 0 unspecified atom stereocenters. The van der Waals surface area contributed by atoms with Crippen molar-refractivity contribution in [2.45, 2.75) is 19.1 Å². The van der Waals surface area contributed by atoms with E-state index in [4.69, 9.17) is 0 Å². The van der Waals surface area contributed by atoms with Crippen LogP contribution in [0.5, 0.6) is 0 Å². The highest BCUT2D eigenvalue weighted by atomic mass is 32.1. The number of nitrogens with one attached hydrogen (secondary N) is 1. The molecule has 4 aromatic rings. The molecule has 1 N–H and O–H groups in total. The summed E-state index contributed by atoms with van der Waals surface area (Å²) in [5, 5.41) is 9.43. The smallest absolute Gasteiger partial charge is 0.352 e. The summed E-state index contributed by atoms with van der Waals surface area (Å²) in [6.45, 7) is 0.335. The molecule has 0 saturated carbocycles. The van der Waals surface area contributed by atoms with E-state index < -0.39 is 11.7 Å². The van der Waals surface area contributed by atoms with E-state index in [1.54, 1.807) is 16.3 Å². The number of benzene rings is 2. The standard InChI is InChI=1S/C22H17F3N4OS/c23-22(24,25)17-8-6-16(7-9-17)21-28-18(14-31-21)10-20(30)26-11-15-12-27-29(13-15)19-4-2-1-3-5-19/h1-9,12-14H,10-11H2,(H,26,30). The number of aromatic nitrogens is 3. The van der Waals surface area contributed by atoms with Crippen LogP contribution in [-0.4, -0.2) is 20.7 Å². The quantitative estimate of drug-likeness (QED) is 0.463. The Kier molecular flexibility index (Phi) is 5.85. The summed E-state index contributed by atoms with van der Waals surface area (Å²) in [5.41, 5.74) is 2.23. The molecule has 158 valence electrons. The molecule has 0 fully saturated rings. The van der Waals surface area contributed by atoms with Crippen molar-refractivity contribution in [3.63, 3.8) is 0 Å². The summed E-state index contributed by atoms with van der Waals surface area (Å²) in [6.07, 6.45) is -0.744. The summed E-state index contributed by atoms with van der Waals surface area (Å²) in [4.78, 5) is 16.6. The Hall–Kier alpha value is -3.46. The van der Waals surface area contributed by atoms with Gasteiger partial charge in [0.25, 0.3) is 0 Å². The van der Waals surface area contributed by atoms with Crippen LogP contribution < -0.4 is 5.32 Å². The first-order valence-electron chi connectivity index (χ1n) is 9.36. The van der Waals surface area contributed by atoms with Crippen molar-refractivity contribution >= 4 is 17.2 Å². The molecule has 0 aliphatic carbocycles. The maximum absolute atomic E-state index is 12.7. The Morgan fingerprint density at radius 1 is 1.06 bits per heavy atom. The molecule has 4 rings (SSSR count). The molecule has 0 atom stereocenters. The lowest BCUT2D eigenvalue weighted by Gasteiger charge is -2.06. The summed E-state index contributed by atoms with van der Waals surface area (Å²) in [5.74, 6) is -0.197. The Balaban J connectivity index is 1.33. The summed E-state index contributed by atoms with van der Waals surface area (Å²) in [6, 6.07) is 14.5. The molecule has 0 aliphatic rings. The molecule has 31 heavy (non-hydrogen) atoms. The third kappa shape index (κ3) is 5.18. The lowest BCUT2D eigenvalue weighted by Crippen LogP contribution is -2.24. The molecule has 2 aromatic carbocycles. The van der Waals surface area contributed by atoms with Crippen LogP contribution in [0.1, 0.15) is 16.8 Å². The van der Waals surface area contributed by atoms with Crippen LogP contribution in [0.15, 0.2) is 72.4 Å². The highest BCUT2D eigenvalue weighted by Crippen LogP contribution is 2.31. The van der Waals surface area contributed by atoms with Crippen LogP contribution in [0, 0.1) is 0 Å². The van der Waals surface area contributed by atoms with Gasteiger partial charge in [-0.1, -0.05) is 30.3 Å². The molecule has 0 saturated heterocycles. The van der Waals surface area contributed by atoms with Crippen LogP contribution in [0.3, 0.4) is 0 Å². The molecule has 2 aromatic heterocycles. The fourth-order valence-electron chi connectivity index (χ4n) is 2.92. The van der Waals surface area contributed by atoms with E-state index in [0.717, 1.165) is 23.4 Å². The summed E-state index contributed by atoms with van der Waals surface area (Å²) in [7, 11) is 0. The van der Waals surface area contributed by atoms with Crippen LogP contribution in [-0.2, 0) is 23.9 Å². The monoisotopic (exact) mass is 442 g/mol. The fourth-order valence-corrected chi connectivity index (χ4v) is 3.75. The van der Waals surface area contributed by atoms with E-state index in [2.05, 4.69) is 15.4 Å². The number of thiazole rings is 1. The van der Waals surface area contributed by atoms with Crippen LogP contribution in [0.2, 0.25) is 0 Å². The number of alkyl halides is 3. The Morgan fingerprint density at radius 2 is 1.81 bits per heavy atom. The van der Waals surface area contributed by atoms with Gasteiger partial charge in [-0.05, 0) is 24.3 Å². The molecule has 0 spiro atoms. The van der Waals surface area contributed by atoms with Crippen molar-refractivity contribution in [2.24, 2.45) is 0 Å². The molecule has 0 bridgehead atoms. The summed E-state index contributed by atoms with van der Waals surface area (Å²) >= 11 is 1.29. The van der Waals surface area contributed by atoms with Crippen LogP contribution >= 0.6 is 11.3 Å². The molecular weight excluding hydrogens is 425 g/mol. The van der Waals surface area contributed by atoms with Gasteiger partial charge >= 0.3 is 6.18 Å². The average molecular weight is 442 g/mol. The predicted molar refractivity (Wildman–Crippen MR) is 112 cm³/mol. The number of hydrogen-bond acceptors (Lipinski definition) is 4. The molecule has 0 radical (unpaired) electrons. The van der Waals surface area contributed by atoms with Crippen molar-refractivity contribution in [3.8, 4) is 16.3 Å². The van der Waals surface area contributed by atoms with Gasteiger partial charge in [-0.3, -0.25) is 4.79 Å². The van der Waals surface area contributed by atoms with E-state index in [-0.39, 0.29) is 12.3 Å². The fraction of sp³-hybridized carbons (Fsp3) is 0.136. The zero-order valence-electron chi connectivity index (χ0n) is 16.1. The number of hydrogen-bond donors (Lipinski definition) is 1. The minimum Gasteiger partial charge on any atom is -0.352 e. The van der Waals surface area contributed by atoms with Gasteiger partial charge in [0.1, 0.15) is 5.01 Å². The Bertz CT molecular complexity index is 1170. The van der Waals surface area contributed by atoms with E-state index in [0.29, 0.717) is 22.8 Å². The number of nitrogens with zero attached hydrogens (tertiary/aromatic N) is 3. The highest BCUT2D eigenvalue weighted by Gasteiger charge is 2.30. The normalized spacial score (nSPS) is 11.5. The van der Waals surface area contributed by atoms with Gasteiger partial charge in [0.2, 0.25) is 5.91 Å². The number of carbonyl (C=O) groups is 1. The van der Waals surface area contributed by atoms with Crippen molar-refractivity contribution in [3.05, 3.63) is 89.2 Å². The average Bonchev–Trinajstić information content (AvgIpc) is 3.42. The minimum atomic E-state index is -4.37. The second-order valence-electron chi connectivity index (χ2n) is 6.80. The number of halogens is 3. The van der Waals surface area contributed by atoms with Crippen LogP contribution in [0.25, 0.3) is 16.3 Å². The number of rotatable bonds is 6. The molecule has 9 heteroatoms. The molecule has 2 heterocycles. The number of carbonyl (C=O) groups excluding carboxylic acids is 1. The second kappa shape index (κ2) is 8.73. The lowest BCUT2D eigenvalue weighted by molar-refractivity contribution is -0.137. The predicted octanol–water partition coefficient (Wildman–Crippen LogP) is 4.87. The third-order valence-corrected chi connectivity index (χ3v) is 5.44. The molecule has 1 amide bonds. The third-order valence-electron chi connectivity index (χ3n) is 4.50. The van der Waals surface area contributed by atoms with Crippen molar-refractivity contribution in [1.29, 1.82) is 0 Å². The highest BCUT2D eigenvalue weighted by molar-refractivity contribution is 7.13. The maximum atomic E-state index is 12.7. The van der Waals surface area contributed by atoms with Gasteiger partial charge in [0.05, 0.1) is 29.6 Å². The van der Waals surface area contributed by atoms with Crippen LogP contribution in [0.4, 0.5) is 13.2 Å². The van der Waals surface area contributed by atoms with Crippen molar-refractivity contribution in [2.75, 3.05) is 0 Å². The van der Waals surface area contributed by atoms with E-state index in [1.165, 1.54) is 23.5 Å². The van der Waals surface area contributed by atoms with E-state index >= 15 is 0 Å². The minimum absolute atomic E-state index is 0.0873. The zero-order valence-corrected chi connectivity index (χ0v) is 17.0. The Morgan fingerprint density at radius 3 is 2.52 bits per heavy atom. The number of amides is 1. The van der Waals surface area contributed by atoms with Crippen molar-refractivity contribution < 1.29 is 18.0 Å². The van der Waals surface area contributed by atoms with Gasteiger partial charge in [-0.25, -0.2) is 9.67 Å². The van der Waals surface area contributed by atoms with Gasteiger partial charge in [-0.15, -0.1) is 11.3 Å². The Labute approximate surface area is 180 Å². The van der Waals surface area contributed by atoms with Gasteiger partial charge in [0, 0.05) is 29.2 Å². The molecule has 0 aliphatic heterocycles. The van der Waals surface area contributed by atoms with E-state index in [1.807, 2.05) is 36.5 Å². The van der Waals surface area contributed by atoms with Gasteiger partial charge in [-0.2, -0.15) is 18.3 Å². The molecular formula is C22H17F3N4OS. The maximum Gasteiger partial charge on any atom is 0.416 e. The lowest BCUT2D eigenvalue weighted by atomic mass is 10.1. The topological polar surface area (TPSA) is 59.8 Å².